The van der Waals surface area contributed by atoms with Crippen LogP contribution in [0.2, 0.25) is 0 Å². The smallest absolute Gasteiger partial charge is 0.416 e. The molecule has 0 heterocycles. The van der Waals surface area contributed by atoms with Gasteiger partial charge in [0.15, 0.2) is 11.5 Å². The quantitative estimate of drug-likeness (QED) is 0.215. The van der Waals surface area contributed by atoms with Crippen molar-refractivity contribution in [2.24, 2.45) is 5.10 Å². The van der Waals surface area contributed by atoms with Gasteiger partial charge in [-0.25, -0.2) is 13.8 Å². The minimum absolute atomic E-state index is 0.195. The van der Waals surface area contributed by atoms with Crippen LogP contribution in [0.5, 0.6) is 11.5 Å². The zero-order valence-corrected chi connectivity index (χ0v) is 21.0. The number of ether oxygens (including phenoxy) is 2. The van der Waals surface area contributed by atoms with Gasteiger partial charge in [-0.1, -0.05) is 36.9 Å². The third kappa shape index (κ3) is 7.13. The molecule has 1 N–H and O–H groups in total. The van der Waals surface area contributed by atoms with Gasteiger partial charge >= 0.3 is 6.18 Å². The van der Waals surface area contributed by atoms with Crippen molar-refractivity contribution in [1.82, 2.24) is 5.43 Å². The number of halogens is 3. The lowest BCUT2D eigenvalue weighted by atomic mass is 10.2. The Morgan fingerprint density at radius 1 is 1.05 bits per heavy atom. The van der Waals surface area contributed by atoms with E-state index < -0.39 is 34.2 Å². The lowest BCUT2D eigenvalue weighted by Crippen LogP contribution is -2.39. The van der Waals surface area contributed by atoms with Gasteiger partial charge < -0.3 is 9.47 Å². The monoisotopic (exact) mass is 547 g/mol. The number of alkyl halides is 3. The normalized spacial score (nSPS) is 11.7. The number of hydrazone groups is 1. The minimum Gasteiger partial charge on any atom is -0.493 e. The second-order valence-corrected chi connectivity index (χ2v) is 9.54. The van der Waals surface area contributed by atoms with Crippen LogP contribution in [-0.4, -0.2) is 40.8 Å². The first kappa shape index (κ1) is 28.3. The maximum absolute atomic E-state index is 13.3. The van der Waals surface area contributed by atoms with Crippen LogP contribution in [0, 0.1) is 0 Å². The maximum Gasteiger partial charge on any atom is 0.416 e. The third-order valence-corrected chi connectivity index (χ3v) is 6.82. The molecule has 3 rings (SSSR count). The van der Waals surface area contributed by atoms with E-state index in [1.807, 2.05) is 0 Å². The van der Waals surface area contributed by atoms with Crippen LogP contribution < -0.4 is 19.2 Å². The Morgan fingerprint density at radius 2 is 1.79 bits per heavy atom. The zero-order chi connectivity index (χ0) is 27.8. The van der Waals surface area contributed by atoms with E-state index >= 15 is 0 Å². The van der Waals surface area contributed by atoms with Crippen LogP contribution in [0.25, 0.3) is 0 Å². The maximum atomic E-state index is 13.3. The van der Waals surface area contributed by atoms with Crippen LogP contribution in [-0.2, 0) is 21.0 Å². The van der Waals surface area contributed by atoms with Crippen LogP contribution in [0.15, 0.2) is 95.4 Å². The first-order chi connectivity index (χ1) is 18.1. The van der Waals surface area contributed by atoms with Gasteiger partial charge in [-0.15, -0.1) is 0 Å². The predicted molar refractivity (Wildman–Crippen MR) is 137 cm³/mol. The fourth-order valence-corrected chi connectivity index (χ4v) is 4.68. The standard InChI is InChI=1S/C26H24F3N3O5S/c1-3-14-37-23-13-12-19(15-24(23)36-2)17-30-31-25(33)18-32(38(34,35)22-10-5-4-6-11-22)21-9-7-8-20(16-21)26(27,28)29/h3-13,15-17H,1,14,18H2,2H3,(H,31,33)/b30-17+. The molecule has 0 bridgehead atoms. The number of rotatable bonds is 11. The first-order valence-corrected chi connectivity index (χ1v) is 12.5. The van der Waals surface area contributed by atoms with Gasteiger partial charge in [-0.05, 0) is 54.1 Å². The van der Waals surface area contributed by atoms with Crippen molar-refractivity contribution in [3.63, 3.8) is 0 Å². The summed E-state index contributed by atoms with van der Waals surface area (Å²) in [5.41, 5.74) is 1.34. The van der Waals surface area contributed by atoms with Crippen LogP contribution in [0.1, 0.15) is 11.1 Å². The number of methoxy groups -OCH3 is 1. The summed E-state index contributed by atoms with van der Waals surface area (Å²) in [5.74, 6) is -0.000643. The number of anilines is 1. The zero-order valence-electron chi connectivity index (χ0n) is 20.2. The number of carbonyl (C=O) groups excluding carboxylic acids is 1. The fraction of sp³-hybridized carbons (Fsp3) is 0.154. The molecule has 1 amide bonds. The van der Waals surface area contributed by atoms with E-state index in [2.05, 4.69) is 17.1 Å². The highest BCUT2D eigenvalue weighted by Crippen LogP contribution is 2.33. The Kier molecular flexibility index (Phi) is 9.13. The number of benzene rings is 3. The van der Waals surface area contributed by atoms with E-state index in [4.69, 9.17) is 9.47 Å². The molecule has 0 saturated carbocycles. The van der Waals surface area contributed by atoms with E-state index in [-0.39, 0.29) is 17.2 Å². The topological polar surface area (TPSA) is 97.3 Å². The Bertz CT molecular complexity index is 1410. The van der Waals surface area contributed by atoms with Gasteiger partial charge in [-0.2, -0.15) is 18.3 Å². The SMILES string of the molecule is C=CCOc1ccc(/C=N/NC(=O)CN(c2cccc(C(F)(F)F)c2)S(=O)(=O)c2ccccc2)cc1OC. The highest BCUT2D eigenvalue weighted by molar-refractivity contribution is 7.92. The summed E-state index contributed by atoms with van der Waals surface area (Å²) in [5, 5.41) is 3.83. The van der Waals surface area contributed by atoms with Crippen molar-refractivity contribution in [1.29, 1.82) is 0 Å². The molecule has 12 heteroatoms. The molecular formula is C26H24F3N3O5S. The number of nitrogens with one attached hydrogen (secondary N) is 1. The highest BCUT2D eigenvalue weighted by Gasteiger charge is 2.33. The molecule has 38 heavy (non-hydrogen) atoms. The molecule has 0 unspecified atom stereocenters. The van der Waals surface area contributed by atoms with Gasteiger partial charge in [0.05, 0.1) is 29.5 Å². The molecule has 8 nitrogen and oxygen atoms in total. The molecule has 200 valence electrons. The molecule has 0 aliphatic carbocycles. The number of hydrogen-bond acceptors (Lipinski definition) is 6. The molecule has 0 atom stereocenters. The van der Waals surface area contributed by atoms with Crippen molar-refractivity contribution in [2.75, 3.05) is 24.6 Å². The average molecular weight is 548 g/mol. The summed E-state index contributed by atoms with van der Waals surface area (Å²) < 4.78 is 77.8. The lowest BCUT2D eigenvalue weighted by molar-refractivity contribution is -0.137. The van der Waals surface area contributed by atoms with Gasteiger partial charge in [0.2, 0.25) is 0 Å². The Morgan fingerprint density at radius 3 is 2.45 bits per heavy atom. The molecule has 0 radical (unpaired) electrons. The van der Waals surface area contributed by atoms with Crippen LogP contribution >= 0.6 is 0 Å². The van der Waals surface area contributed by atoms with E-state index in [9.17, 15) is 26.4 Å². The molecule has 0 saturated heterocycles. The van der Waals surface area contributed by atoms with E-state index in [0.29, 0.717) is 27.4 Å². The van der Waals surface area contributed by atoms with Crippen molar-refractivity contribution in [3.8, 4) is 11.5 Å². The summed E-state index contributed by atoms with van der Waals surface area (Å²) >= 11 is 0. The number of sulfonamides is 1. The van der Waals surface area contributed by atoms with Crippen molar-refractivity contribution in [2.45, 2.75) is 11.1 Å². The Labute approximate surface area is 218 Å². The molecule has 3 aromatic carbocycles. The fourth-order valence-electron chi connectivity index (χ4n) is 3.25. The molecular weight excluding hydrogens is 523 g/mol. The lowest BCUT2D eigenvalue weighted by Gasteiger charge is -2.24. The Balaban J connectivity index is 1.84. The second-order valence-electron chi connectivity index (χ2n) is 7.68. The molecule has 0 fully saturated rings. The molecule has 0 aromatic heterocycles. The molecule has 3 aromatic rings. The summed E-state index contributed by atoms with van der Waals surface area (Å²) in [6, 6.07) is 15.7. The first-order valence-electron chi connectivity index (χ1n) is 11.0. The van der Waals surface area contributed by atoms with Crippen molar-refractivity contribution < 1.29 is 35.9 Å². The highest BCUT2D eigenvalue weighted by atomic mass is 32.2. The van der Waals surface area contributed by atoms with Crippen molar-refractivity contribution >= 4 is 27.8 Å². The molecule has 0 spiro atoms. The van der Waals surface area contributed by atoms with E-state index in [0.717, 1.165) is 12.1 Å². The molecule has 0 aliphatic heterocycles. The summed E-state index contributed by atoms with van der Waals surface area (Å²) in [7, 11) is -2.94. The molecule has 0 aliphatic rings. The predicted octanol–water partition coefficient (Wildman–Crippen LogP) is 4.62. The van der Waals surface area contributed by atoms with Gasteiger partial charge in [0.25, 0.3) is 15.9 Å². The summed E-state index contributed by atoms with van der Waals surface area (Å²) in [6.07, 6.45) is -1.85. The number of amides is 1. The van der Waals surface area contributed by atoms with Crippen LogP contribution in [0.4, 0.5) is 18.9 Å². The summed E-state index contributed by atoms with van der Waals surface area (Å²) in [6.45, 7) is 3.02. The van der Waals surface area contributed by atoms with E-state index in [1.165, 1.54) is 43.7 Å². The third-order valence-electron chi connectivity index (χ3n) is 5.03. The van der Waals surface area contributed by atoms with Gasteiger partial charge in [0, 0.05) is 0 Å². The number of carbonyl (C=O) groups is 1. The largest absolute Gasteiger partial charge is 0.493 e. The van der Waals surface area contributed by atoms with Gasteiger partial charge in [-0.3, -0.25) is 9.10 Å². The van der Waals surface area contributed by atoms with Crippen molar-refractivity contribution in [3.05, 3.63) is 96.6 Å². The second kappa shape index (κ2) is 12.3. The van der Waals surface area contributed by atoms with E-state index in [1.54, 1.807) is 30.3 Å². The van der Waals surface area contributed by atoms with Gasteiger partial charge in [0.1, 0.15) is 13.2 Å². The Hall–Kier alpha value is -4.32. The summed E-state index contributed by atoms with van der Waals surface area (Å²) in [4.78, 5) is 12.5. The number of hydrogen-bond donors (Lipinski definition) is 1. The minimum atomic E-state index is -4.71. The number of nitrogens with zero attached hydrogens (tertiary/aromatic N) is 2. The average Bonchev–Trinajstić information content (AvgIpc) is 2.90. The van der Waals surface area contributed by atoms with Crippen LogP contribution in [0.3, 0.4) is 0 Å².